The molecule has 1 saturated carbocycles. The molecule has 2 aromatic carbocycles. The molecule has 6 amide bonds. The number of primary amides is 1. The van der Waals surface area contributed by atoms with Gasteiger partial charge in [-0.15, -0.1) is 23.2 Å². The number of fused-ring (bicyclic) bond motifs is 4. The summed E-state index contributed by atoms with van der Waals surface area (Å²) in [5.74, 6) is -24.4. The molecule has 10 nitrogen and oxygen atoms in total. The van der Waals surface area contributed by atoms with Crippen molar-refractivity contribution in [2.24, 2.45) is 23.5 Å². The normalized spacial score (nSPS) is 30.3. The van der Waals surface area contributed by atoms with E-state index in [1.165, 1.54) is 6.08 Å². The summed E-state index contributed by atoms with van der Waals surface area (Å²) < 4.78 is 77.8. The van der Waals surface area contributed by atoms with Gasteiger partial charge in [0.25, 0.3) is 11.8 Å². The summed E-state index contributed by atoms with van der Waals surface area (Å²) in [7, 11) is 1.14. The lowest BCUT2D eigenvalue weighted by Crippen LogP contribution is -2.60. The van der Waals surface area contributed by atoms with E-state index in [0.29, 0.717) is 0 Å². The van der Waals surface area contributed by atoms with Gasteiger partial charge in [0.15, 0.2) is 44.5 Å². The number of benzene rings is 2. The number of nitrogens with zero attached hydrogens (tertiary/aromatic N) is 2. The molecule has 6 rings (SSSR count). The van der Waals surface area contributed by atoms with E-state index in [-0.39, 0.29) is 38.1 Å². The average Bonchev–Trinajstić information content (AvgIpc) is 3.35. The van der Waals surface area contributed by atoms with Crippen molar-refractivity contribution < 1.29 is 55.8 Å². The van der Waals surface area contributed by atoms with Crippen molar-refractivity contribution in [3.05, 3.63) is 63.5 Å². The van der Waals surface area contributed by atoms with E-state index >= 15 is 8.78 Å². The van der Waals surface area contributed by atoms with Gasteiger partial charge in [-0.2, -0.15) is 4.90 Å². The number of phenols is 1. The lowest BCUT2D eigenvalue weighted by Gasteiger charge is -2.50. The zero-order chi connectivity index (χ0) is 33.9. The van der Waals surface area contributed by atoms with E-state index in [0.717, 1.165) is 19.2 Å². The highest BCUT2D eigenvalue weighted by Crippen LogP contribution is 2.66. The number of carbonyl (C=O) groups excluding carboxylic acids is 5. The Kier molecular flexibility index (Phi) is 7.15. The van der Waals surface area contributed by atoms with Gasteiger partial charge in [0.05, 0.1) is 24.0 Å². The number of halogens is 8. The van der Waals surface area contributed by atoms with Gasteiger partial charge in [-0.3, -0.25) is 19.2 Å². The molecule has 2 saturated heterocycles. The molecule has 2 aliphatic carbocycles. The number of carbonyl (C=O) groups is 5. The number of ether oxygens (including phenoxy) is 1. The Bertz CT molecular complexity index is 1850. The van der Waals surface area contributed by atoms with E-state index < -0.39 is 110 Å². The number of methoxy groups -OCH3 is 1. The van der Waals surface area contributed by atoms with Crippen LogP contribution in [-0.4, -0.2) is 56.5 Å². The smallest absolute Gasteiger partial charge is 0.328 e. The quantitative estimate of drug-likeness (QED) is 0.120. The van der Waals surface area contributed by atoms with Gasteiger partial charge < -0.3 is 15.6 Å². The minimum Gasteiger partial charge on any atom is -0.503 e. The Hall–Kier alpha value is -3.95. The van der Waals surface area contributed by atoms with Crippen LogP contribution in [0.3, 0.4) is 0 Å². The fourth-order valence-electron chi connectivity index (χ4n) is 7.07. The summed E-state index contributed by atoms with van der Waals surface area (Å²) in [6, 6.07) is 0.848. The first-order chi connectivity index (χ1) is 21.4. The van der Waals surface area contributed by atoms with Crippen molar-refractivity contribution in [3.63, 3.8) is 0 Å². The van der Waals surface area contributed by atoms with Crippen molar-refractivity contribution in [3.8, 4) is 11.5 Å². The van der Waals surface area contributed by atoms with Gasteiger partial charge in [-0.1, -0.05) is 23.3 Å². The van der Waals surface area contributed by atoms with Crippen molar-refractivity contribution in [1.29, 1.82) is 0 Å². The number of allylic oxidation sites excluding steroid dienone is 2. The first kappa shape index (κ1) is 32.0. The SMILES string of the molecule is COc1cc([C@H]2C3=CC[C@@H]4C(=O)N(C(N)=O)C(=O)[C@@H]4[C@@H]3C[C@@]3(Cl)C(=O)N(c4c(F)c(F)c(F)c(F)c4F)C(=O)[C@@]23Cl)cc(Cl)c1O. The zero-order valence-electron chi connectivity index (χ0n) is 22.8. The molecule has 0 bridgehead atoms. The van der Waals surface area contributed by atoms with Crippen LogP contribution in [-0.2, 0) is 19.2 Å². The molecule has 4 aliphatic rings. The number of likely N-dealkylation sites (tertiary alicyclic amines) is 1. The highest BCUT2D eigenvalue weighted by atomic mass is 35.5. The largest absolute Gasteiger partial charge is 0.503 e. The minimum absolute atomic E-state index is 0.0872. The van der Waals surface area contributed by atoms with Crippen molar-refractivity contribution >= 4 is 70.2 Å². The molecule has 46 heavy (non-hydrogen) atoms. The highest BCUT2D eigenvalue weighted by molar-refractivity contribution is 6.58. The Morgan fingerprint density at radius 1 is 0.957 bits per heavy atom. The van der Waals surface area contributed by atoms with E-state index in [9.17, 15) is 42.3 Å². The van der Waals surface area contributed by atoms with E-state index in [1.54, 1.807) is 0 Å². The van der Waals surface area contributed by atoms with Gasteiger partial charge >= 0.3 is 6.03 Å². The Morgan fingerprint density at radius 2 is 1.54 bits per heavy atom. The molecular formula is C28H17Cl3F5N3O7. The number of aromatic hydroxyl groups is 1. The van der Waals surface area contributed by atoms with Gasteiger partial charge in [0.2, 0.25) is 17.6 Å². The summed E-state index contributed by atoms with van der Waals surface area (Å²) >= 11 is 20.2. The number of rotatable bonds is 3. The molecule has 2 aromatic rings. The number of nitrogens with two attached hydrogens (primary N) is 1. The molecule has 0 radical (unpaired) electrons. The predicted molar refractivity (Wildman–Crippen MR) is 148 cm³/mol. The van der Waals surface area contributed by atoms with Gasteiger partial charge in [0, 0.05) is 5.92 Å². The number of urea groups is 1. The molecule has 6 atom stereocenters. The fraction of sp³-hybridized carbons (Fsp3) is 0.321. The third-order valence-electron chi connectivity index (χ3n) is 9.05. The van der Waals surface area contributed by atoms with Crippen LogP contribution >= 0.6 is 34.8 Å². The van der Waals surface area contributed by atoms with Crippen LogP contribution in [0.1, 0.15) is 24.3 Å². The molecule has 242 valence electrons. The minimum atomic E-state index is -2.82. The summed E-state index contributed by atoms with van der Waals surface area (Å²) in [4.78, 5) is 61.0. The van der Waals surface area contributed by atoms with Crippen LogP contribution in [0, 0.1) is 46.8 Å². The maximum Gasteiger partial charge on any atom is 0.328 e. The summed E-state index contributed by atoms with van der Waals surface area (Å²) in [5, 5.41) is 10.00. The number of imide groups is 4. The van der Waals surface area contributed by atoms with Crippen LogP contribution in [0.4, 0.5) is 32.4 Å². The lowest BCUT2D eigenvalue weighted by molar-refractivity contribution is -0.136. The average molecular weight is 709 g/mol. The molecule has 0 spiro atoms. The number of hydrogen-bond acceptors (Lipinski definition) is 7. The number of phenolic OH excluding ortho intramolecular Hbond substituents is 1. The van der Waals surface area contributed by atoms with Crippen LogP contribution < -0.4 is 15.4 Å². The molecule has 2 heterocycles. The zero-order valence-corrected chi connectivity index (χ0v) is 25.1. The Morgan fingerprint density at radius 3 is 2.11 bits per heavy atom. The van der Waals surface area contributed by atoms with Gasteiger partial charge in [0.1, 0.15) is 5.69 Å². The number of anilines is 1. The van der Waals surface area contributed by atoms with Gasteiger partial charge in [-0.25, -0.2) is 31.6 Å². The lowest BCUT2D eigenvalue weighted by atomic mass is 9.56. The molecule has 2 aliphatic heterocycles. The fourth-order valence-corrected chi connectivity index (χ4v) is 8.23. The van der Waals surface area contributed by atoms with Crippen LogP contribution in [0.5, 0.6) is 11.5 Å². The summed E-state index contributed by atoms with van der Waals surface area (Å²) in [6.07, 6.45) is 0.404. The monoisotopic (exact) mass is 707 g/mol. The third kappa shape index (κ3) is 3.78. The van der Waals surface area contributed by atoms with E-state index in [1.807, 2.05) is 0 Å². The topological polar surface area (TPSA) is 147 Å². The van der Waals surface area contributed by atoms with E-state index in [2.05, 4.69) is 0 Å². The van der Waals surface area contributed by atoms with E-state index in [4.69, 9.17) is 45.3 Å². The Balaban J connectivity index is 1.63. The van der Waals surface area contributed by atoms with Gasteiger partial charge in [-0.05, 0) is 36.5 Å². The first-order valence-corrected chi connectivity index (χ1v) is 14.3. The second-order valence-corrected chi connectivity index (χ2v) is 12.7. The Labute approximate surface area is 269 Å². The summed E-state index contributed by atoms with van der Waals surface area (Å²) in [5.41, 5.74) is 3.31. The van der Waals surface area contributed by atoms with Crippen LogP contribution in [0.25, 0.3) is 0 Å². The molecule has 3 fully saturated rings. The number of amides is 6. The highest BCUT2D eigenvalue weighted by Gasteiger charge is 2.77. The van der Waals surface area contributed by atoms with Crippen molar-refractivity contribution in [1.82, 2.24) is 4.90 Å². The van der Waals surface area contributed by atoms with Crippen LogP contribution in [0.2, 0.25) is 5.02 Å². The maximum absolute atomic E-state index is 15.1. The molecule has 18 heteroatoms. The second kappa shape index (κ2) is 10.3. The molecular weight excluding hydrogens is 692 g/mol. The first-order valence-electron chi connectivity index (χ1n) is 13.2. The third-order valence-corrected chi connectivity index (χ3v) is 10.7. The molecule has 3 N–H and O–H groups in total. The summed E-state index contributed by atoms with van der Waals surface area (Å²) in [6.45, 7) is 0. The maximum atomic E-state index is 15.1. The van der Waals surface area contributed by atoms with Crippen LogP contribution in [0.15, 0.2) is 23.8 Å². The molecule has 0 aromatic heterocycles. The van der Waals surface area contributed by atoms with Crippen molar-refractivity contribution in [2.75, 3.05) is 12.0 Å². The second-order valence-electron chi connectivity index (χ2n) is 11.1. The predicted octanol–water partition coefficient (Wildman–Crippen LogP) is 4.39. The number of alkyl halides is 2. The molecule has 0 unspecified atom stereocenters. The van der Waals surface area contributed by atoms with Crippen molar-refractivity contribution in [2.45, 2.75) is 28.5 Å². The standard InChI is InChI=1S/C28H17Cl3F5N3O7/c1-46-12-5-7(4-11(29)21(12)40)14-8-2-3-9-13(23(42)39(22(9)41)26(37)45)10(8)6-27(30)24(43)38(25(44)28(14,27)31)20-18(35)16(33)15(32)17(34)19(20)36/h2,4-5,9-10,13-14,40H,3,6H2,1H3,(H2,37,45)/t9-,10+,13-,14-,27+,28-/m0/s1. The number of hydrogen-bond donors (Lipinski definition) is 2.